The van der Waals surface area contributed by atoms with Gasteiger partial charge in [0.2, 0.25) is 0 Å². The van der Waals surface area contributed by atoms with Gasteiger partial charge in [-0.15, -0.1) is 0 Å². The van der Waals surface area contributed by atoms with Crippen molar-refractivity contribution in [2.24, 2.45) is 0 Å². The smallest absolute Gasteiger partial charge is 0.354 e. The molecule has 106 valence electrons. The summed E-state index contributed by atoms with van der Waals surface area (Å²) in [7, 11) is 0. The Bertz CT molecular complexity index is 525. The van der Waals surface area contributed by atoms with E-state index in [1.165, 1.54) is 31.2 Å². The molecule has 2 fully saturated rings. The summed E-state index contributed by atoms with van der Waals surface area (Å²) >= 11 is 0. The van der Waals surface area contributed by atoms with Gasteiger partial charge in [0.25, 0.3) is 5.91 Å². The summed E-state index contributed by atoms with van der Waals surface area (Å²) < 4.78 is 0. The first kappa shape index (κ1) is 13.1. The van der Waals surface area contributed by atoms with Crippen LogP contribution in [0, 0.1) is 0 Å². The zero-order valence-electron chi connectivity index (χ0n) is 11.1. The highest BCUT2D eigenvalue weighted by Gasteiger charge is 2.34. The average molecular weight is 275 g/mol. The van der Waals surface area contributed by atoms with Crippen molar-refractivity contribution < 1.29 is 14.7 Å². The molecule has 1 saturated carbocycles. The number of hydrogen-bond donors (Lipinski definition) is 2. The minimum Gasteiger partial charge on any atom is -0.477 e. The number of amides is 1. The average Bonchev–Trinajstić information content (AvgIpc) is 3.20. The number of carboxylic acids is 1. The highest BCUT2D eigenvalue weighted by atomic mass is 16.4. The number of nitrogens with one attached hydrogen (secondary N) is 1. The van der Waals surface area contributed by atoms with Crippen molar-refractivity contribution in [2.45, 2.75) is 31.3 Å². The van der Waals surface area contributed by atoms with Crippen molar-refractivity contribution in [3.63, 3.8) is 0 Å². The van der Waals surface area contributed by atoms with Gasteiger partial charge in [-0.2, -0.15) is 0 Å². The normalized spacial score (nSPS) is 22.7. The molecule has 0 bridgehead atoms. The van der Waals surface area contributed by atoms with Crippen LogP contribution in [0.25, 0.3) is 0 Å². The monoisotopic (exact) mass is 275 g/mol. The first-order valence-corrected chi connectivity index (χ1v) is 6.88. The van der Waals surface area contributed by atoms with Crippen molar-refractivity contribution in [2.75, 3.05) is 13.1 Å². The van der Waals surface area contributed by atoms with Crippen LogP contribution in [0.1, 0.15) is 40.1 Å². The molecule has 1 aromatic heterocycles. The highest BCUT2D eigenvalue weighted by molar-refractivity contribution is 5.95. The molecule has 1 unspecified atom stereocenters. The SMILES string of the molecule is O=C(NC1CCN(C2CC2)C1)c1ccc(C(=O)O)nc1. The first-order chi connectivity index (χ1) is 9.63. The summed E-state index contributed by atoms with van der Waals surface area (Å²) in [4.78, 5) is 28.9. The maximum atomic E-state index is 12.1. The molecule has 2 aliphatic rings. The third kappa shape index (κ3) is 2.80. The van der Waals surface area contributed by atoms with Gasteiger partial charge in [0.1, 0.15) is 5.69 Å². The summed E-state index contributed by atoms with van der Waals surface area (Å²) in [5.41, 5.74) is 0.349. The Labute approximate surface area is 116 Å². The molecule has 2 heterocycles. The predicted octanol–water partition coefficient (Wildman–Crippen LogP) is 0.746. The zero-order chi connectivity index (χ0) is 14.1. The molecule has 1 amide bonds. The molecular weight excluding hydrogens is 258 g/mol. The number of aromatic carboxylic acids is 1. The molecule has 20 heavy (non-hydrogen) atoms. The molecule has 3 rings (SSSR count). The zero-order valence-corrected chi connectivity index (χ0v) is 11.1. The van der Waals surface area contributed by atoms with Crippen molar-refractivity contribution >= 4 is 11.9 Å². The Morgan fingerprint density at radius 3 is 2.70 bits per heavy atom. The summed E-state index contributed by atoms with van der Waals surface area (Å²) in [6.07, 6.45) is 4.84. The van der Waals surface area contributed by atoms with E-state index in [1.54, 1.807) is 0 Å². The van der Waals surface area contributed by atoms with Crippen molar-refractivity contribution in [1.82, 2.24) is 15.2 Å². The van der Waals surface area contributed by atoms with Crippen LogP contribution in [-0.2, 0) is 0 Å². The standard InChI is InChI=1S/C14H17N3O3/c18-13(9-1-4-12(14(19)20)15-7-9)16-10-5-6-17(8-10)11-2-3-11/h1,4,7,10-11H,2-3,5-6,8H2,(H,16,18)(H,19,20). The van der Waals surface area contributed by atoms with Crippen LogP contribution in [0.2, 0.25) is 0 Å². The number of pyridine rings is 1. The molecule has 0 radical (unpaired) electrons. The van der Waals surface area contributed by atoms with Gasteiger partial charge in [0.15, 0.2) is 0 Å². The van der Waals surface area contributed by atoms with Crippen LogP contribution in [0.15, 0.2) is 18.3 Å². The number of hydrogen-bond acceptors (Lipinski definition) is 4. The number of carbonyl (C=O) groups is 2. The van der Waals surface area contributed by atoms with Crippen LogP contribution in [0.5, 0.6) is 0 Å². The third-order valence-corrected chi connectivity index (χ3v) is 3.86. The second kappa shape index (κ2) is 5.20. The lowest BCUT2D eigenvalue weighted by molar-refractivity contribution is 0.0689. The fraction of sp³-hybridized carbons (Fsp3) is 0.500. The number of rotatable bonds is 4. The number of carboxylic acid groups (broad SMARTS) is 1. The van der Waals surface area contributed by atoms with E-state index in [1.807, 2.05) is 0 Å². The van der Waals surface area contributed by atoms with Gasteiger partial charge in [-0.25, -0.2) is 9.78 Å². The summed E-state index contributed by atoms with van der Waals surface area (Å²) in [5.74, 6) is -1.27. The van der Waals surface area contributed by atoms with Crippen LogP contribution < -0.4 is 5.32 Å². The molecule has 1 atom stereocenters. The molecule has 1 aliphatic carbocycles. The molecule has 1 aliphatic heterocycles. The molecule has 1 saturated heterocycles. The Hall–Kier alpha value is -1.95. The van der Waals surface area contributed by atoms with E-state index in [4.69, 9.17) is 5.11 Å². The van der Waals surface area contributed by atoms with E-state index in [0.717, 1.165) is 25.6 Å². The van der Waals surface area contributed by atoms with Crippen LogP contribution in [-0.4, -0.2) is 52.0 Å². The van der Waals surface area contributed by atoms with Gasteiger partial charge in [0, 0.05) is 31.4 Å². The molecule has 0 aromatic carbocycles. The fourth-order valence-electron chi connectivity index (χ4n) is 2.60. The maximum Gasteiger partial charge on any atom is 0.354 e. The number of likely N-dealkylation sites (tertiary alicyclic amines) is 1. The lowest BCUT2D eigenvalue weighted by Gasteiger charge is -2.15. The van der Waals surface area contributed by atoms with Crippen molar-refractivity contribution in [1.29, 1.82) is 0 Å². The molecule has 1 aromatic rings. The quantitative estimate of drug-likeness (QED) is 0.847. The Morgan fingerprint density at radius 1 is 1.30 bits per heavy atom. The van der Waals surface area contributed by atoms with Gasteiger partial charge < -0.3 is 10.4 Å². The van der Waals surface area contributed by atoms with Crippen molar-refractivity contribution in [3.05, 3.63) is 29.6 Å². The summed E-state index contributed by atoms with van der Waals surface area (Å²) in [6, 6.07) is 3.76. The molecule has 6 heteroatoms. The minimum absolute atomic E-state index is 0.0534. The van der Waals surface area contributed by atoms with Gasteiger partial charge in [0.05, 0.1) is 5.56 Å². The fourth-order valence-corrected chi connectivity index (χ4v) is 2.60. The summed E-state index contributed by atoms with van der Waals surface area (Å²) in [6.45, 7) is 1.96. The Kier molecular flexibility index (Phi) is 3.40. The molecule has 6 nitrogen and oxygen atoms in total. The van der Waals surface area contributed by atoms with Gasteiger partial charge in [-0.3, -0.25) is 9.69 Å². The summed E-state index contributed by atoms with van der Waals surface area (Å²) in [5, 5.41) is 11.8. The lowest BCUT2D eigenvalue weighted by Crippen LogP contribution is -2.37. The Morgan fingerprint density at radius 2 is 2.10 bits per heavy atom. The number of carbonyl (C=O) groups excluding carboxylic acids is 1. The molecule has 2 N–H and O–H groups in total. The van der Waals surface area contributed by atoms with Crippen LogP contribution in [0.3, 0.4) is 0 Å². The minimum atomic E-state index is -1.09. The van der Waals surface area contributed by atoms with E-state index in [9.17, 15) is 9.59 Å². The first-order valence-electron chi connectivity index (χ1n) is 6.88. The second-order valence-electron chi connectivity index (χ2n) is 5.42. The highest BCUT2D eigenvalue weighted by Crippen LogP contribution is 2.29. The number of aromatic nitrogens is 1. The van der Waals surface area contributed by atoms with Crippen LogP contribution in [0.4, 0.5) is 0 Å². The van der Waals surface area contributed by atoms with E-state index < -0.39 is 5.97 Å². The van der Waals surface area contributed by atoms with E-state index in [-0.39, 0.29) is 17.6 Å². The van der Waals surface area contributed by atoms with Gasteiger partial charge in [-0.05, 0) is 31.4 Å². The number of nitrogens with zero attached hydrogens (tertiary/aromatic N) is 2. The molecule has 0 spiro atoms. The predicted molar refractivity (Wildman–Crippen MR) is 71.7 cm³/mol. The topological polar surface area (TPSA) is 82.5 Å². The van der Waals surface area contributed by atoms with E-state index >= 15 is 0 Å². The second-order valence-corrected chi connectivity index (χ2v) is 5.42. The van der Waals surface area contributed by atoms with Gasteiger partial charge >= 0.3 is 5.97 Å². The molecular formula is C14H17N3O3. The Balaban J connectivity index is 1.57. The van der Waals surface area contributed by atoms with Crippen LogP contribution >= 0.6 is 0 Å². The largest absolute Gasteiger partial charge is 0.477 e. The van der Waals surface area contributed by atoms with E-state index in [0.29, 0.717) is 5.56 Å². The van der Waals surface area contributed by atoms with Gasteiger partial charge in [-0.1, -0.05) is 0 Å². The maximum absolute atomic E-state index is 12.1. The lowest BCUT2D eigenvalue weighted by atomic mass is 10.2. The third-order valence-electron chi connectivity index (χ3n) is 3.86. The van der Waals surface area contributed by atoms with E-state index in [2.05, 4.69) is 15.2 Å². The van der Waals surface area contributed by atoms with Crippen molar-refractivity contribution in [3.8, 4) is 0 Å².